The van der Waals surface area contributed by atoms with Crippen LogP contribution in [0.25, 0.3) is 0 Å². The normalized spacial score (nSPS) is 15.0. The Morgan fingerprint density at radius 2 is 1.00 bits per heavy atom. The molecule has 2 atom stereocenters. The largest absolute Gasteiger partial charge is 0.394 e. The van der Waals surface area contributed by atoms with Gasteiger partial charge in [0.25, 0.3) is 0 Å². The van der Waals surface area contributed by atoms with E-state index in [1.165, 1.54) is 13.8 Å². The highest BCUT2D eigenvalue weighted by atomic mass is 16.3. The second-order valence-electron chi connectivity index (χ2n) is 2.06. The van der Waals surface area contributed by atoms with E-state index in [9.17, 15) is 0 Å². The summed E-state index contributed by atoms with van der Waals surface area (Å²) in [7, 11) is 0. The molecule has 4 N–H and O–H groups in total. The Hall–Kier alpha value is -0.160. The molecule has 10 heavy (non-hydrogen) atoms. The summed E-state index contributed by atoms with van der Waals surface area (Å²) in [5.41, 5.74) is 0. The van der Waals surface area contributed by atoms with Crippen LogP contribution in [0.2, 0.25) is 0 Å². The fourth-order valence-electron chi connectivity index (χ4n) is 0. The summed E-state index contributed by atoms with van der Waals surface area (Å²) in [6, 6.07) is 0. The van der Waals surface area contributed by atoms with Gasteiger partial charge in [-0.05, 0) is 13.8 Å². The second kappa shape index (κ2) is 8.84. The maximum absolute atomic E-state index is 8.11. The summed E-state index contributed by atoms with van der Waals surface area (Å²) in [4.78, 5) is 0. The van der Waals surface area contributed by atoms with E-state index in [2.05, 4.69) is 0 Å². The van der Waals surface area contributed by atoms with E-state index in [0.717, 1.165) is 0 Å². The van der Waals surface area contributed by atoms with Crippen molar-refractivity contribution in [2.75, 3.05) is 13.2 Å². The molecule has 0 aliphatic heterocycles. The van der Waals surface area contributed by atoms with Gasteiger partial charge in [-0.2, -0.15) is 0 Å². The Morgan fingerprint density at radius 1 is 0.900 bits per heavy atom. The summed E-state index contributed by atoms with van der Waals surface area (Å²) < 4.78 is 0. The van der Waals surface area contributed by atoms with Crippen LogP contribution in [0.3, 0.4) is 0 Å². The lowest BCUT2D eigenvalue weighted by Crippen LogP contribution is -2.03. The van der Waals surface area contributed by atoms with E-state index in [-0.39, 0.29) is 13.2 Å². The maximum atomic E-state index is 8.11. The highest BCUT2D eigenvalue weighted by molar-refractivity contribution is 4.34. The van der Waals surface area contributed by atoms with Crippen molar-refractivity contribution >= 4 is 0 Å². The Morgan fingerprint density at radius 3 is 1.00 bits per heavy atom. The molecule has 0 aromatic carbocycles. The molecule has 0 radical (unpaired) electrons. The van der Waals surface area contributed by atoms with Crippen molar-refractivity contribution in [2.45, 2.75) is 26.1 Å². The smallest absolute Gasteiger partial charge is 0.0742 e. The van der Waals surface area contributed by atoms with Gasteiger partial charge in [-0.1, -0.05) is 0 Å². The molecule has 0 aliphatic carbocycles. The number of aliphatic hydroxyl groups is 4. The van der Waals surface area contributed by atoms with Crippen LogP contribution >= 0.6 is 0 Å². The minimum absolute atomic E-state index is 0.139. The first-order valence-electron chi connectivity index (χ1n) is 3.12. The van der Waals surface area contributed by atoms with Crippen molar-refractivity contribution in [1.29, 1.82) is 0 Å². The van der Waals surface area contributed by atoms with E-state index in [4.69, 9.17) is 20.4 Å². The molecular weight excluding hydrogens is 136 g/mol. The molecule has 0 aromatic rings. The fraction of sp³-hybridized carbons (Fsp3) is 1.00. The van der Waals surface area contributed by atoms with Crippen LogP contribution in [0.4, 0.5) is 0 Å². The van der Waals surface area contributed by atoms with Crippen LogP contribution < -0.4 is 0 Å². The van der Waals surface area contributed by atoms with Gasteiger partial charge in [0.1, 0.15) is 0 Å². The molecule has 0 bridgehead atoms. The summed E-state index contributed by atoms with van der Waals surface area (Å²) in [6.45, 7) is 2.78. The summed E-state index contributed by atoms with van der Waals surface area (Å²) >= 11 is 0. The van der Waals surface area contributed by atoms with E-state index in [0.29, 0.717) is 0 Å². The van der Waals surface area contributed by atoms with Gasteiger partial charge in [-0.25, -0.2) is 0 Å². The number of hydrogen-bond donors (Lipinski definition) is 4. The molecule has 4 heteroatoms. The minimum atomic E-state index is -0.560. The highest BCUT2D eigenvalue weighted by Crippen LogP contribution is 1.69. The van der Waals surface area contributed by atoms with Crippen molar-refractivity contribution in [3.8, 4) is 0 Å². The minimum Gasteiger partial charge on any atom is -0.394 e. The van der Waals surface area contributed by atoms with Crippen molar-refractivity contribution < 1.29 is 20.4 Å². The molecule has 0 aliphatic rings. The molecule has 0 saturated heterocycles. The Kier molecular flexibility index (Phi) is 11.1. The fourth-order valence-corrected chi connectivity index (χ4v) is 0. The molecule has 0 rings (SSSR count). The molecule has 0 unspecified atom stereocenters. The van der Waals surface area contributed by atoms with Gasteiger partial charge < -0.3 is 20.4 Å². The van der Waals surface area contributed by atoms with E-state index in [1.54, 1.807) is 0 Å². The first-order chi connectivity index (χ1) is 4.54. The van der Waals surface area contributed by atoms with E-state index < -0.39 is 12.2 Å². The molecule has 0 fully saturated rings. The molecule has 4 nitrogen and oxygen atoms in total. The topological polar surface area (TPSA) is 80.9 Å². The van der Waals surface area contributed by atoms with Gasteiger partial charge in [-0.15, -0.1) is 0 Å². The van der Waals surface area contributed by atoms with Gasteiger partial charge >= 0.3 is 0 Å². The zero-order valence-electron chi connectivity index (χ0n) is 6.36. The summed E-state index contributed by atoms with van der Waals surface area (Å²) in [5, 5.41) is 32.0. The molecule has 0 aromatic heterocycles. The Labute approximate surface area is 60.7 Å². The Bertz CT molecular complexity index is 45.7. The lowest BCUT2D eigenvalue weighted by atomic mass is 10.5. The average molecular weight is 152 g/mol. The molecular formula is C6H16O4. The molecule has 0 spiro atoms. The third kappa shape index (κ3) is 24.9. The van der Waals surface area contributed by atoms with Crippen molar-refractivity contribution in [3.63, 3.8) is 0 Å². The van der Waals surface area contributed by atoms with Crippen LogP contribution in [-0.4, -0.2) is 45.8 Å². The van der Waals surface area contributed by atoms with E-state index >= 15 is 0 Å². The number of hydrogen-bond acceptors (Lipinski definition) is 4. The van der Waals surface area contributed by atoms with Gasteiger partial charge in [-0.3, -0.25) is 0 Å². The Balaban J connectivity index is 0. The molecule has 0 heterocycles. The maximum Gasteiger partial charge on any atom is 0.0742 e. The molecule has 0 saturated carbocycles. The van der Waals surface area contributed by atoms with Crippen molar-refractivity contribution in [1.82, 2.24) is 0 Å². The number of aliphatic hydroxyl groups excluding tert-OH is 4. The molecule has 0 amide bonds. The van der Waals surface area contributed by atoms with Crippen LogP contribution in [0, 0.1) is 0 Å². The van der Waals surface area contributed by atoms with E-state index in [1.807, 2.05) is 0 Å². The van der Waals surface area contributed by atoms with Gasteiger partial charge in [0.15, 0.2) is 0 Å². The summed E-state index contributed by atoms with van der Waals surface area (Å²) in [5.74, 6) is 0. The second-order valence-corrected chi connectivity index (χ2v) is 2.06. The number of rotatable bonds is 2. The molecule has 64 valence electrons. The highest BCUT2D eigenvalue weighted by Gasteiger charge is 1.83. The van der Waals surface area contributed by atoms with Crippen LogP contribution in [-0.2, 0) is 0 Å². The quantitative estimate of drug-likeness (QED) is 0.397. The van der Waals surface area contributed by atoms with Crippen LogP contribution in [0.15, 0.2) is 0 Å². The predicted octanol–water partition coefficient (Wildman–Crippen LogP) is -1.28. The summed E-state index contributed by atoms with van der Waals surface area (Å²) in [6.07, 6.45) is -1.12. The third-order valence-corrected chi connectivity index (χ3v) is 0.528. The van der Waals surface area contributed by atoms with Gasteiger partial charge in [0.05, 0.1) is 25.4 Å². The standard InChI is InChI=1S/2C3H8O2/c2*1-3(5)2-4/h2*3-5H,2H2,1H3/t2*3-/m00/s1. The lowest BCUT2D eigenvalue weighted by molar-refractivity contribution is 0.110. The van der Waals surface area contributed by atoms with Gasteiger partial charge in [0.2, 0.25) is 0 Å². The van der Waals surface area contributed by atoms with Crippen molar-refractivity contribution in [3.05, 3.63) is 0 Å². The third-order valence-electron chi connectivity index (χ3n) is 0.528. The zero-order chi connectivity index (χ0) is 8.57. The SMILES string of the molecule is C[C@H](O)CO.C[C@H](O)CO. The first-order valence-corrected chi connectivity index (χ1v) is 3.12. The van der Waals surface area contributed by atoms with Crippen molar-refractivity contribution in [2.24, 2.45) is 0 Å². The zero-order valence-corrected chi connectivity index (χ0v) is 6.36. The first kappa shape index (κ1) is 12.5. The average Bonchev–Trinajstić information content (AvgIpc) is 1.89. The van der Waals surface area contributed by atoms with Crippen LogP contribution in [0.1, 0.15) is 13.8 Å². The monoisotopic (exact) mass is 152 g/mol. The van der Waals surface area contributed by atoms with Crippen LogP contribution in [0.5, 0.6) is 0 Å². The predicted molar refractivity (Wildman–Crippen MR) is 37.5 cm³/mol. The van der Waals surface area contributed by atoms with Gasteiger partial charge in [0, 0.05) is 0 Å². The lowest BCUT2D eigenvalue weighted by Gasteiger charge is -1.90.